The van der Waals surface area contributed by atoms with Gasteiger partial charge in [0, 0.05) is 13.1 Å². The molecule has 2 N–H and O–H groups in total. The first-order chi connectivity index (χ1) is 8.80. The molecule has 1 aliphatic rings. The van der Waals surface area contributed by atoms with E-state index in [4.69, 9.17) is 4.74 Å². The van der Waals surface area contributed by atoms with Crippen molar-refractivity contribution < 1.29 is 14.6 Å². The van der Waals surface area contributed by atoms with E-state index in [1.165, 1.54) is 6.20 Å². The molecule has 0 radical (unpaired) electrons. The molecule has 1 aromatic rings. The monoisotopic (exact) mass is 268 g/mol. The topological polar surface area (TPSA) is 91.3 Å². The fourth-order valence-electron chi connectivity index (χ4n) is 2.07. The third-order valence-electron chi connectivity index (χ3n) is 3.13. The smallest absolute Gasteiger partial charge is 0.410 e. The highest BCUT2D eigenvalue weighted by molar-refractivity contribution is 5.68. The Morgan fingerprint density at radius 3 is 2.58 bits per heavy atom. The van der Waals surface area contributed by atoms with Crippen LogP contribution in [0.4, 0.5) is 4.79 Å². The van der Waals surface area contributed by atoms with Crippen molar-refractivity contribution in [2.45, 2.75) is 44.8 Å². The highest BCUT2D eigenvalue weighted by Crippen LogP contribution is 2.31. The maximum absolute atomic E-state index is 11.9. The van der Waals surface area contributed by atoms with E-state index >= 15 is 0 Å². The van der Waals surface area contributed by atoms with Crippen LogP contribution in [0.1, 0.15) is 39.3 Å². The number of carbonyl (C=O) groups excluding carboxylic acids is 1. The molecule has 0 saturated carbocycles. The van der Waals surface area contributed by atoms with Gasteiger partial charge in [0.1, 0.15) is 16.9 Å². The van der Waals surface area contributed by atoms with Crippen LogP contribution in [0.15, 0.2) is 6.20 Å². The zero-order chi connectivity index (χ0) is 14.1. The fraction of sp³-hybridized carbons (Fsp3) is 0.750. The van der Waals surface area contributed by atoms with Gasteiger partial charge < -0.3 is 14.7 Å². The van der Waals surface area contributed by atoms with Crippen molar-refractivity contribution in [3.63, 3.8) is 0 Å². The van der Waals surface area contributed by atoms with E-state index in [1.807, 2.05) is 20.8 Å². The molecule has 19 heavy (non-hydrogen) atoms. The summed E-state index contributed by atoms with van der Waals surface area (Å²) in [6, 6.07) is 0. The van der Waals surface area contributed by atoms with Crippen LogP contribution in [0.3, 0.4) is 0 Å². The standard InChI is InChI=1S/C12H20N4O3/c1-11(2,3)19-10(17)16-6-4-12(18,5-7-16)9-8-13-15-14-9/h8,18H,4-7H2,1-3H3,(H,13,14,15). The molecular formula is C12H20N4O3. The summed E-state index contributed by atoms with van der Waals surface area (Å²) in [5, 5.41) is 20.6. The first kappa shape index (κ1) is 13.8. The fourth-order valence-corrected chi connectivity index (χ4v) is 2.07. The summed E-state index contributed by atoms with van der Waals surface area (Å²) in [5.74, 6) is 0. The lowest BCUT2D eigenvalue weighted by Gasteiger charge is -2.37. The Kier molecular flexibility index (Phi) is 3.49. The van der Waals surface area contributed by atoms with E-state index in [9.17, 15) is 9.90 Å². The Morgan fingerprint density at radius 2 is 2.11 bits per heavy atom. The Labute approximate surface area is 111 Å². The molecule has 0 bridgehead atoms. The highest BCUT2D eigenvalue weighted by Gasteiger charge is 2.38. The van der Waals surface area contributed by atoms with Gasteiger partial charge in [0.05, 0.1) is 6.20 Å². The Morgan fingerprint density at radius 1 is 1.47 bits per heavy atom. The quantitative estimate of drug-likeness (QED) is 0.793. The van der Waals surface area contributed by atoms with Gasteiger partial charge in [-0.3, -0.25) is 0 Å². The van der Waals surface area contributed by atoms with Gasteiger partial charge in [0.25, 0.3) is 0 Å². The van der Waals surface area contributed by atoms with Crippen molar-refractivity contribution >= 4 is 6.09 Å². The SMILES string of the molecule is CC(C)(C)OC(=O)N1CCC(O)(c2cn[nH]n2)CC1. The molecule has 7 heteroatoms. The Balaban J connectivity index is 1.94. The van der Waals surface area contributed by atoms with Crippen molar-refractivity contribution in [2.75, 3.05) is 13.1 Å². The summed E-state index contributed by atoms with van der Waals surface area (Å²) < 4.78 is 5.31. The van der Waals surface area contributed by atoms with E-state index in [1.54, 1.807) is 4.90 Å². The van der Waals surface area contributed by atoms with E-state index in [0.29, 0.717) is 31.6 Å². The maximum atomic E-state index is 11.9. The van der Waals surface area contributed by atoms with E-state index in [2.05, 4.69) is 15.4 Å². The molecule has 2 rings (SSSR count). The number of nitrogens with one attached hydrogen (secondary N) is 1. The number of amides is 1. The molecule has 0 atom stereocenters. The van der Waals surface area contributed by atoms with Crippen LogP contribution >= 0.6 is 0 Å². The molecule has 1 fully saturated rings. The number of likely N-dealkylation sites (tertiary alicyclic amines) is 1. The second kappa shape index (κ2) is 4.80. The molecule has 1 aliphatic heterocycles. The summed E-state index contributed by atoms with van der Waals surface area (Å²) in [4.78, 5) is 13.5. The zero-order valence-corrected chi connectivity index (χ0v) is 11.5. The molecule has 0 aliphatic carbocycles. The summed E-state index contributed by atoms with van der Waals surface area (Å²) >= 11 is 0. The van der Waals surface area contributed by atoms with Gasteiger partial charge in [0.2, 0.25) is 0 Å². The predicted octanol–water partition coefficient (Wildman–Crippen LogP) is 1.02. The van der Waals surface area contributed by atoms with Crippen molar-refractivity contribution in [3.8, 4) is 0 Å². The molecule has 0 unspecified atom stereocenters. The van der Waals surface area contributed by atoms with Crippen LogP contribution in [-0.2, 0) is 10.3 Å². The summed E-state index contributed by atoms with van der Waals surface area (Å²) in [7, 11) is 0. The lowest BCUT2D eigenvalue weighted by atomic mass is 9.89. The van der Waals surface area contributed by atoms with Crippen LogP contribution in [0.2, 0.25) is 0 Å². The number of nitrogens with zero attached hydrogens (tertiary/aromatic N) is 3. The maximum Gasteiger partial charge on any atom is 0.410 e. The third kappa shape index (κ3) is 3.23. The van der Waals surface area contributed by atoms with Gasteiger partial charge in [0.15, 0.2) is 0 Å². The van der Waals surface area contributed by atoms with Gasteiger partial charge in [-0.15, -0.1) is 0 Å². The molecule has 1 saturated heterocycles. The van der Waals surface area contributed by atoms with Gasteiger partial charge in [-0.1, -0.05) is 0 Å². The van der Waals surface area contributed by atoms with Crippen molar-refractivity contribution in [1.29, 1.82) is 0 Å². The molecular weight excluding hydrogens is 248 g/mol. The van der Waals surface area contributed by atoms with Gasteiger partial charge in [-0.05, 0) is 33.6 Å². The van der Waals surface area contributed by atoms with E-state index in [-0.39, 0.29) is 6.09 Å². The number of carbonyl (C=O) groups is 1. The number of H-pyrrole nitrogens is 1. The number of aromatic amines is 1. The first-order valence-corrected chi connectivity index (χ1v) is 6.37. The number of hydrogen-bond acceptors (Lipinski definition) is 5. The molecule has 1 aromatic heterocycles. The average molecular weight is 268 g/mol. The van der Waals surface area contributed by atoms with Crippen molar-refractivity contribution in [2.24, 2.45) is 0 Å². The average Bonchev–Trinajstić information content (AvgIpc) is 2.81. The zero-order valence-electron chi connectivity index (χ0n) is 11.5. The third-order valence-corrected chi connectivity index (χ3v) is 3.13. The summed E-state index contributed by atoms with van der Waals surface area (Å²) in [5.41, 5.74) is -0.987. The Hall–Kier alpha value is -1.63. The molecule has 1 amide bonds. The van der Waals surface area contributed by atoms with Crippen LogP contribution in [-0.4, -0.2) is 50.2 Å². The second-order valence-electron chi connectivity index (χ2n) is 5.85. The van der Waals surface area contributed by atoms with Gasteiger partial charge >= 0.3 is 6.09 Å². The predicted molar refractivity (Wildman–Crippen MR) is 67.3 cm³/mol. The molecule has 106 valence electrons. The first-order valence-electron chi connectivity index (χ1n) is 6.37. The van der Waals surface area contributed by atoms with Gasteiger partial charge in [-0.2, -0.15) is 15.4 Å². The molecule has 0 aromatic carbocycles. The second-order valence-corrected chi connectivity index (χ2v) is 5.85. The van der Waals surface area contributed by atoms with Crippen molar-refractivity contribution in [3.05, 3.63) is 11.9 Å². The largest absolute Gasteiger partial charge is 0.444 e. The van der Waals surface area contributed by atoms with Crippen LogP contribution in [0.25, 0.3) is 0 Å². The minimum Gasteiger partial charge on any atom is -0.444 e. The Bertz CT molecular complexity index is 430. The highest BCUT2D eigenvalue weighted by atomic mass is 16.6. The summed E-state index contributed by atoms with van der Waals surface area (Å²) in [6.45, 7) is 6.39. The number of ether oxygens (including phenoxy) is 1. The van der Waals surface area contributed by atoms with E-state index < -0.39 is 11.2 Å². The minimum atomic E-state index is -1.01. The number of aliphatic hydroxyl groups is 1. The normalized spacial score (nSPS) is 19.3. The lowest BCUT2D eigenvalue weighted by molar-refractivity contribution is -0.0381. The molecule has 0 spiro atoms. The number of piperidine rings is 1. The van der Waals surface area contributed by atoms with E-state index in [0.717, 1.165) is 0 Å². The molecule has 7 nitrogen and oxygen atoms in total. The number of hydrogen-bond donors (Lipinski definition) is 2. The lowest BCUT2D eigenvalue weighted by Crippen LogP contribution is -2.47. The van der Waals surface area contributed by atoms with Crippen LogP contribution in [0.5, 0.6) is 0 Å². The number of rotatable bonds is 1. The van der Waals surface area contributed by atoms with Crippen molar-refractivity contribution in [1.82, 2.24) is 20.3 Å². The van der Waals surface area contributed by atoms with Crippen LogP contribution in [0, 0.1) is 0 Å². The summed E-state index contributed by atoms with van der Waals surface area (Å²) in [6.07, 6.45) is 2.04. The van der Waals surface area contributed by atoms with Gasteiger partial charge in [-0.25, -0.2) is 4.79 Å². The number of aromatic nitrogens is 3. The minimum absolute atomic E-state index is 0.338. The molecule has 2 heterocycles. The van der Waals surface area contributed by atoms with Crippen LogP contribution < -0.4 is 0 Å².